The van der Waals surface area contributed by atoms with Gasteiger partial charge >= 0.3 is 0 Å². The average molecular weight is 305 g/mol. The first-order valence-corrected chi connectivity index (χ1v) is 8.69. The van der Waals surface area contributed by atoms with E-state index in [1.807, 2.05) is 11.3 Å². The van der Waals surface area contributed by atoms with Crippen LogP contribution < -0.4 is 14.8 Å². The van der Waals surface area contributed by atoms with E-state index in [1.54, 1.807) is 0 Å². The van der Waals surface area contributed by atoms with E-state index in [4.69, 9.17) is 9.47 Å². The Bertz CT molecular complexity index is 621. The predicted octanol–water partition coefficient (Wildman–Crippen LogP) is 4.12. The fraction of sp³-hybridized carbons (Fsp3) is 0.529. The number of hydrogen-bond donors (Lipinski definition) is 1. The highest BCUT2D eigenvalue weighted by Crippen LogP contribution is 2.41. The minimum absolute atomic E-state index is 0.649. The van der Waals surface area contributed by atoms with Crippen LogP contribution in [0.1, 0.15) is 37.1 Å². The zero-order valence-electron chi connectivity index (χ0n) is 12.8. The van der Waals surface area contributed by atoms with Crippen molar-refractivity contribution in [1.82, 2.24) is 5.32 Å². The summed E-state index contributed by atoms with van der Waals surface area (Å²) < 4.78 is 12.8. The molecule has 4 heteroatoms. The van der Waals surface area contributed by atoms with Gasteiger partial charge in [0.05, 0.1) is 0 Å². The monoisotopic (exact) mass is 305 g/mol. The lowest BCUT2D eigenvalue weighted by Crippen LogP contribution is -2.15. The van der Waals surface area contributed by atoms with Gasteiger partial charge in [0.25, 0.3) is 0 Å². The van der Waals surface area contributed by atoms with Gasteiger partial charge in [-0.05, 0) is 36.4 Å². The molecule has 0 radical (unpaired) electrons. The predicted molar refractivity (Wildman–Crippen MR) is 88.8 cm³/mol. The van der Waals surface area contributed by atoms with E-state index in [2.05, 4.69) is 31.3 Å². The topological polar surface area (TPSA) is 30.5 Å². The van der Waals surface area contributed by atoms with Gasteiger partial charge in [0.15, 0.2) is 11.5 Å². The highest BCUT2D eigenvalue weighted by molar-refractivity contribution is 7.19. The molecule has 1 aliphatic heterocycles. The third-order valence-corrected chi connectivity index (χ3v) is 4.95. The number of thiophene rings is 1. The number of nitrogens with one attached hydrogen (secondary N) is 1. The van der Waals surface area contributed by atoms with Crippen molar-refractivity contribution in [1.29, 1.82) is 0 Å². The van der Waals surface area contributed by atoms with Gasteiger partial charge in [-0.25, -0.2) is 0 Å². The lowest BCUT2D eigenvalue weighted by Gasteiger charge is -2.18. The summed E-state index contributed by atoms with van der Waals surface area (Å²) in [5, 5.41) is 4.88. The van der Waals surface area contributed by atoms with Crippen LogP contribution in [0.15, 0.2) is 12.1 Å². The second-order valence-electron chi connectivity index (χ2n) is 5.42. The third kappa shape index (κ3) is 3.01. The first-order valence-electron chi connectivity index (χ1n) is 7.88. The Morgan fingerprint density at radius 1 is 1.10 bits per heavy atom. The summed E-state index contributed by atoms with van der Waals surface area (Å²) in [5.41, 5.74) is 1.48. The van der Waals surface area contributed by atoms with Crippen molar-refractivity contribution >= 4 is 21.4 Å². The van der Waals surface area contributed by atoms with E-state index in [-0.39, 0.29) is 0 Å². The van der Waals surface area contributed by atoms with Crippen LogP contribution >= 0.6 is 11.3 Å². The Kier molecular flexibility index (Phi) is 4.66. The first-order chi connectivity index (χ1) is 10.3. The van der Waals surface area contributed by atoms with Crippen molar-refractivity contribution in [2.24, 2.45) is 0 Å². The maximum Gasteiger partial charge on any atom is 0.162 e. The molecule has 0 spiro atoms. The van der Waals surface area contributed by atoms with Crippen molar-refractivity contribution in [2.75, 3.05) is 19.8 Å². The van der Waals surface area contributed by atoms with Crippen LogP contribution in [-0.4, -0.2) is 19.8 Å². The quantitative estimate of drug-likeness (QED) is 0.814. The number of fused-ring (bicyclic) bond motifs is 2. The van der Waals surface area contributed by atoms with Crippen LogP contribution in [0.4, 0.5) is 0 Å². The molecule has 0 bridgehead atoms. The van der Waals surface area contributed by atoms with Gasteiger partial charge in [-0.3, -0.25) is 0 Å². The Labute approximate surface area is 130 Å². The molecule has 1 aliphatic rings. The van der Waals surface area contributed by atoms with Crippen molar-refractivity contribution in [2.45, 2.75) is 39.7 Å². The molecule has 0 aliphatic carbocycles. The standard InChI is InChI=1S/C17H23NO2S/c1-3-5-12-13-9-14-15(20-8-7-19-14)10-16(13)21-17(12)11-18-6-4-2/h9-10,18H,3-8,11H2,1-2H3. The normalized spacial score (nSPS) is 13.8. The lowest BCUT2D eigenvalue weighted by molar-refractivity contribution is 0.172. The third-order valence-electron chi connectivity index (χ3n) is 3.75. The van der Waals surface area contributed by atoms with Gasteiger partial charge in [-0.2, -0.15) is 0 Å². The fourth-order valence-electron chi connectivity index (χ4n) is 2.78. The fourth-order valence-corrected chi connectivity index (χ4v) is 4.01. The second-order valence-corrected chi connectivity index (χ2v) is 6.56. The molecule has 0 atom stereocenters. The summed E-state index contributed by atoms with van der Waals surface area (Å²) in [7, 11) is 0. The molecule has 2 heterocycles. The molecule has 21 heavy (non-hydrogen) atoms. The molecule has 0 fully saturated rings. The van der Waals surface area contributed by atoms with Crippen LogP contribution in [-0.2, 0) is 13.0 Å². The molecule has 1 N–H and O–H groups in total. The van der Waals surface area contributed by atoms with Gasteiger partial charge in [0, 0.05) is 22.2 Å². The molecule has 1 aromatic carbocycles. The molecule has 2 aromatic rings. The molecule has 0 amide bonds. The second kappa shape index (κ2) is 6.67. The molecule has 0 saturated heterocycles. The summed E-state index contributed by atoms with van der Waals surface area (Å²) in [6.45, 7) is 7.78. The van der Waals surface area contributed by atoms with E-state index in [9.17, 15) is 0 Å². The van der Waals surface area contributed by atoms with E-state index < -0.39 is 0 Å². The molecule has 3 nitrogen and oxygen atoms in total. The Morgan fingerprint density at radius 2 is 1.86 bits per heavy atom. The summed E-state index contributed by atoms with van der Waals surface area (Å²) in [6, 6.07) is 4.33. The van der Waals surface area contributed by atoms with Crippen molar-refractivity contribution < 1.29 is 9.47 Å². The van der Waals surface area contributed by atoms with Gasteiger partial charge in [-0.15, -0.1) is 11.3 Å². The van der Waals surface area contributed by atoms with Crippen molar-refractivity contribution in [3.05, 3.63) is 22.6 Å². The van der Waals surface area contributed by atoms with Crippen LogP contribution in [0, 0.1) is 0 Å². The SMILES string of the molecule is CCCNCc1sc2cc3c(cc2c1CCC)OCCO3. The van der Waals surface area contributed by atoms with Crippen LogP contribution in [0.25, 0.3) is 10.1 Å². The largest absolute Gasteiger partial charge is 0.486 e. The minimum Gasteiger partial charge on any atom is -0.486 e. The van der Waals surface area contributed by atoms with Crippen LogP contribution in [0.3, 0.4) is 0 Å². The maximum atomic E-state index is 5.74. The number of ether oxygens (including phenoxy) is 2. The van der Waals surface area contributed by atoms with E-state index in [1.165, 1.54) is 33.4 Å². The molecular weight excluding hydrogens is 282 g/mol. The highest BCUT2D eigenvalue weighted by Gasteiger charge is 2.18. The number of rotatable bonds is 6. The Balaban J connectivity index is 1.99. The zero-order chi connectivity index (χ0) is 14.7. The highest BCUT2D eigenvalue weighted by atomic mass is 32.1. The zero-order valence-corrected chi connectivity index (χ0v) is 13.6. The molecule has 0 saturated carbocycles. The average Bonchev–Trinajstić information content (AvgIpc) is 2.83. The van der Waals surface area contributed by atoms with E-state index in [0.717, 1.165) is 31.0 Å². The summed E-state index contributed by atoms with van der Waals surface area (Å²) in [6.07, 6.45) is 3.47. The minimum atomic E-state index is 0.649. The summed E-state index contributed by atoms with van der Waals surface area (Å²) >= 11 is 1.89. The van der Waals surface area contributed by atoms with Crippen molar-refractivity contribution in [3.63, 3.8) is 0 Å². The van der Waals surface area contributed by atoms with Crippen LogP contribution in [0.5, 0.6) is 11.5 Å². The summed E-state index contributed by atoms with van der Waals surface area (Å²) in [5.74, 6) is 1.79. The Morgan fingerprint density at radius 3 is 2.57 bits per heavy atom. The number of hydrogen-bond acceptors (Lipinski definition) is 4. The maximum absolute atomic E-state index is 5.74. The molecular formula is C17H23NO2S. The van der Waals surface area contributed by atoms with E-state index >= 15 is 0 Å². The van der Waals surface area contributed by atoms with Gasteiger partial charge in [0.1, 0.15) is 13.2 Å². The van der Waals surface area contributed by atoms with Gasteiger partial charge in [-0.1, -0.05) is 20.3 Å². The molecule has 114 valence electrons. The molecule has 3 rings (SSSR count). The lowest BCUT2D eigenvalue weighted by atomic mass is 10.1. The molecule has 1 aromatic heterocycles. The van der Waals surface area contributed by atoms with Gasteiger partial charge in [0.2, 0.25) is 0 Å². The van der Waals surface area contributed by atoms with Crippen molar-refractivity contribution in [3.8, 4) is 11.5 Å². The number of benzene rings is 1. The Hall–Kier alpha value is -1.26. The smallest absolute Gasteiger partial charge is 0.162 e. The van der Waals surface area contributed by atoms with E-state index in [0.29, 0.717) is 13.2 Å². The number of aryl methyl sites for hydroxylation is 1. The summed E-state index contributed by atoms with van der Waals surface area (Å²) in [4.78, 5) is 1.46. The van der Waals surface area contributed by atoms with Gasteiger partial charge < -0.3 is 14.8 Å². The van der Waals surface area contributed by atoms with Crippen LogP contribution in [0.2, 0.25) is 0 Å². The first kappa shape index (κ1) is 14.7. The molecule has 0 unspecified atom stereocenters.